The highest BCUT2D eigenvalue weighted by molar-refractivity contribution is 4.92. The Labute approximate surface area is 87.9 Å². The maximum absolute atomic E-state index is 11.9. The Balaban J connectivity index is 2.25. The number of rotatable bonds is 6. The molecule has 1 fully saturated rings. The Kier molecular flexibility index (Phi) is 4.00. The van der Waals surface area contributed by atoms with Gasteiger partial charge in [-0.2, -0.15) is 13.2 Å². The summed E-state index contributed by atoms with van der Waals surface area (Å²) < 4.78 is 35.8. The van der Waals surface area contributed by atoms with Crippen LogP contribution in [0.4, 0.5) is 13.2 Å². The van der Waals surface area contributed by atoms with Gasteiger partial charge >= 0.3 is 6.18 Å². The van der Waals surface area contributed by atoms with Gasteiger partial charge in [-0.1, -0.05) is 0 Å². The highest BCUT2D eigenvalue weighted by atomic mass is 19.4. The predicted molar refractivity (Wildman–Crippen MR) is 51.6 cm³/mol. The minimum absolute atomic E-state index is 0.0697. The van der Waals surface area contributed by atoms with Crippen LogP contribution in [0.1, 0.15) is 39.0 Å². The van der Waals surface area contributed by atoms with Crippen molar-refractivity contribution in [1.29, 1.82) is 0 Å². The summed E-state index contributed by atoms with van der Waals surface area (Å²) in [4.78, 5) is 0. The standard InChI is InChI=1S/C10H18F3NO/c1-9(7-15,14-8-3-4-8)5-2-6-10(11,12)13/h8,14-15H,2-7H2,1H3. The number of aliphatic hydroxyl groups is 1. The molecule has 0 aromatic rings. The largest absolute Gasteiger partial charge is 0.394 e. The van der Waals surface area contributed by atoms with Crippen LogP contribution < -0.4 is 5.32 Å². The minimum Gasteiger partial charge on any atom is -0.394 e. The quantitative estimate of drug-likeness (QED) is 0.726. The molecular formula is C10H18F3NO. The van der Waals surface area contributed by atoms with Crippen molar-refractivity contribution in [2.24, 2.45) is 0 Å². The van der Waals surface area contributed by atoms with E-state index in [4.69, 9.17) is 5.11 Å². The highest BCUT2D eigenvalue weighted by Crippen LogP contribution is 2.27. The zero-order chi connectivity index (χ0) is 11.5. The number of alkyl halides is 3. The number of hydrogen-bond donors (Lipinski definition) is 2. The summed E-state index contributed by atoms with van der Waals surface area (Å²) >= 11 is 0. The van der Waals surface area contributed by atoms with Crippen molar-refractivity contribution in [3.63, 3.8) is 0 Å². The molecule has 0 aromatic heterocycles. The second-order valence-corrected chi connectivity index (χ2v) is 4.61. The molecule has 1 saturated carbocycles. The predicted octanol–water partition coefficient (Wildman–Crippen LogP) is 2.22. The average molecular weight is 225 g/mol. The van der Waals surface area contributed by atoms with Crippen molar-refractivity contribution < 1.29 is 18.3 Å². The van der Waals surface area contributed by atoms with Crippen LogP contribution in [0.25, 0.3) is 0 Å². The molecule has 0 aromatic carbocycles. The number of hydrogen-bond acceptors (Lipinski definition) is 2. The number of nitrogens with one attached hydrogen (secondary N) is 1. The van der Waals surface area contributed by atoms with Gasteiger partial charge in [0, 0.05) is 18.0 Å². The van der Waals surface area contributed by atoms with Gasteiger partial charge < -0.3 is 10.4 Å². The van der Waals surface area contributed by atoms with Gasteiger partial charge in [-0.3, -0.25) is 0 Å². The van der Waals surface area contributed by atoms with E-state index in [0.717, 1.165) is 12.8 Å². The first kappa shape index (κ1) is 12.8. The van der Waals surface area contributed by atoms with Crippen LogP contribution in [-0.2, 0) is 0 Å². The Hall–Kier alpha value is -0.290. The van der Waals surface area contributed by atoms with Gasteiger partial charge in [0.15, 0.2) is 0 Å². The van der Waals surface area contributed by atoms with Gasteiger partial charge in [-0.15, -0.1) is 0 Å². The molecule has 1 unspecified atom stereocenters. The first-order valence-electron chi connectivity index (χ1n) is 5.30. The molecular weight excluding hydrogens is 207 g/mol. The lowest BCUT2D eigenvalue weighted by Gasteiger charge is -2.29. The van der Waals surface area contributed by atoms with Crippen LogP contribution in [0.15, 0.2) is 0 Å². The second-order valence-electron chi connectivity index (χ2n) is 4.61. The average Bonchev–Trinajstić information content (AvgIpc) is 2.86. The van der Waals surface area contributed by atoms with E-state index < -0.39 is 18.1 Å². The molecule has 0 aliphatic heterocycles. The second kappa shape index (κ2) is 4.70. The molecule has 0 heterocycles. The number of halogens is 3. The monoisotopic (exact) mass is 225 g/mol. The summed E-state index contributed by atoms with van der Waals surface area (Å²) in [6.07, 6.45) is -2.30. The smallest absolute Gasteiger partial charge is 0.389 e. The molecule has 0 spiro atoms. The zero-order valence-corrected chi connectivity index (χ0v) is 8.90. The highest BCUT2D eigenvalue weighted by Gasteiger charge is 2.33. The molecule has 90 valence electrons. The van der Waals surface area contributed by atoms with Gasteiger partial charge in [0.05, 0.1) is 6.61 Å². The van der Waals surface area contributed by atoms with E-state index in [1.807, 2.05) is 0 Å². The van der Waals surface area contributed by atoms with E-state index in [9.17, 15) is 13.2 Å². The van der Waals surface area contributed by atoms with Crippen LogP contribution in [0.3, 0.4) is 0 Å². The molecule has 5 heteroatoms. The van der Waals surface area contributed by atoms with E-state index in [2.05, 4.69) is 5.32 Å². The molecule has 0 amide bonds. The SMILES string of the molecule is CC(CO)(CCCC(F)(F)F)NC1CC1. The lowest BCUT2D eigenvalue weighted by molar-refractivity contribution is -0.136. The fraction of sp³-hybridized carbons (Fsp3) is 1.00. The van der Waals surface area contributed by atoms with Gasteiger partial charge in [0.2, 0.25) is 0 Å². The van der Waals surface area contributed by atoms with Crippen molar-refractivity contribution in [1.82, 2.24) is 5.32 Å². The summed E-state index contributed by atoms with van der Waals surface area (Å²) in [7, 11) is 0. The molecule has 15 heavy (non-hydrogen) atoms. The zero-order valence-electron chi connectivity index (χ0n) is 8.90. The van der Waals surface area contributed by atoms with Crippen molar-refractivity contribution in [3.8, 4) is 0 Å². The lowest BCUT2D eigenvalue weighted by atomic mass is 9.95. The molecule has 0 saturated heterocycles. The van der Waals surface area contributed by atoms with Crippen LogP contribution in [0.2, 0.25) is 0 Å². The Morgan fingerprint density at radius 3 is 2.27 bits per heavy atom. The Morgan fingerprint density at radius 2 is 1.87 bits per heavy atom. The first-order chi connectivity index (χ1) is 6.85. The maximum atomic E-state index is 11.9. The molecule has 1 atom stereocenters. The van der Waals surface area contributed by atoms with E-state index in [-0.39, 0.29) is 13.0 Å². The van der Waals surface area contributed by atoms with Crippen LogP contribution in [-0.4, -0.2) is 29.5 Å². The molecule has 1 aliphatic carbocycles. The van der Waals surface area contributed by atoms with E-state index >= 15 is 0 Å². The summed E-state index contributed by atoms with van der Waals surface area (Å²) in [5.74, 6) is 0. The fourth-order valence-corrected chi connectivity index (χ4v) is 1.60. The van der Waals surface area contributed by atoms with Gasteiger partial charge in [-0.25, -0.2) is 0 Å². The first-order valence-corrected chi connectivity index (χ1v) is 5.30. The van der Waals surface area contributed by atoms with E-state index in [1.54, 1.807) is 6.92 Å². The summed E-state index contributed by atoms with van der Waals surface area (Å²) in [6, 6.07) is 0.396. The normalized spacial score (nSPS) is 21.4. The van der Waals surface area contributed by atoms with Crippen molar-refractivity contribution in [3.05, 3.63) is 0 Å². The van der Waals surface area contributed by atoms with Crippen LogP contribution in [0.5, 0.6) is 0 Å². The third-order valence-corrected chi connectivity index (χ3v) is 2.67. The minimum atomic E-state index is -4.09. The fourth-order valence-electron chi connectivity index (χ4n) is 1.60. The van der Waals surface area contributed by atoms with E-state index in [0.29, 0.717) is 12.5 Å². The Bertz CT molecular complexity index is 203. The van der Waals surface area contributed by atoms with Crippen molar-refractivity contribution in [2.45, 2.75) is 56.8 Å². The molecule has 1 aliphatic rings. The molecule has 0 bridgehead atoms. The maximum Gasteiger partial charge on any atom is 0.389 e. The topological polar surface area (TPSA) is 32.3 Å². The van der Waals surface area contributed by atoms with Crippen LogP contribution >= 0.6 is 0 Å². The molecule has 0 radical (unpaired) electrons. The van der Waals surface area contributed by atoms with Gasteiger partial charge in [0.25, 0.3) is 0 Å². The molecule has 2 N–H and O–H groups in total. The molecule has 1 rings (SSSR count). The third-order valence-electron chi connectivity index (χ3n) is 2.67. The van der Waals surface area contributed by atoms with Gasteiger partial charge in [0.1, 0.15) is 0 Å². The third kappa shape index (κ3) is 5.37. The molecule has 2 nitrogen and oxygen atoms in total. The summed E-state index contributed by atoms with van der Waals surface area (Å²) in [6.45, 7) is 1.67. The van der Waals surface area contributed by atoms with Crippen molar-refractivity contribution in [2.75, 3.05) is 6.61 Å². The van der Waals surface area contributed by atoms with Gasteiger partial charge in [-0.05, 0) is 32.6 Å². The number of aliphatic hydroxyl groups excluding tert-OH is 1. The van der Waals surface area contributed by atoms with Crippen molar-refractivity contribution >= 4 is 0 Å². The lowest BCUT2D eigenvalue weighted by Crippen LogP contribution is -2.47. The summed E-state index contributed by atoms with van der Waals surface area (Å²) in [5, 5.41) is 12.3. The van der Waals surface area contributed by atoms with E-state index in [1.165, 1.54) is 0 Å². The summed E-state index contributed by atoms with van der Waals surface area (Å²) in [5.41, 5.74) is -0.549. The van der Waals surface area contributed by atoms with Crippen LogP contribution in [0, 0.1) is 0 Å². The Morgan fingerprint density at radius 1 is 1.27 bits per heavy atom.